The lowest BCUT2D eigenvalue weighted by atomic mass is 9.97. The highest BCUT2D eigenvalue weighted by molar-refractivity contribution is 6.30. The molecule has 0 aliphatic carbocycles. The fraction of sp³-hybridized carbons (Fsp3) is 0.200. The number of halogens is 4. The molecule has 4 nitrogen and oxygen atoms in total. The predicted octanol–water partition coefficient (Wildman–Crippen LogP) is 8.14. The Morgan fingerprint density at radius 1 is 1.05 bits per heavy atom. The van der Waals surface area contributed by atoms with Gasteiger partial charge >= 0.3 is 6.18 Å². The molecule has 0 saturated heterocycles. The minimum absolute atomic E-state index is 0.0544. The number of anilines is 2. The van der Waals surface area contributed by atoms with Gasteiger partial charge in [0.1, 0.15) is 0 Å². The van der Waals surface area contributed by atoms with Crippen LogP contribution in [0.5, 0.6) is 0 Å². The van der Waals surface area contributed by atoms with E-state index in [-0.39, 0.29) is 11.4 Å². The van der Waals surface area contributed by atoms with Crippen molar-refractivity contribution in [2.45, 2.75) is 25.9 Å². The number of fused-ring (bicyclic) bond motifs is 1. The number of alkyl halides is 3. The average molecular weight is 536 g/mol. The zero-order valence-corrected chi connectivity index (χ0v) is 21.4. The lowest BCUT2D eigenvalue weighted by Gasteiger charge is -2.27. The number of aromatic nitrogens is 1. The normalized spacial score (nSPS) is 13.9. The number of hydrogen-bond acceptors (Lipinski definition) is 3. The van der Waals surface area contributed by atoms with Crippen molar-refractivity contribution in [3.05, 3.63) is 106 Å². The molecule has 4 aromatic rings. The van der Waals surface area contributed by atoms with Crippen LogP contribution >= 0.6 is 11.6 Å². The van der Waals surface area contributed by atoms with E-state index in [4.69, 9.17) is 11.6 Å². The van der Waals surface area contributed by atoms with E-state index in [9.17, 15) is 18.0 Å². The maximum atomic E-state index is 13.1. The molecule has 1 aliphatic heterocycles. The third-order valence-electron chi connectivity index (χ3n) is 6.71. The lowest BCUT2D eigenvalue weighted by molar-refractivity contribution is -0.137. The number of nitrogens with zero attached hydrogens (tertiary/aromatic N) is 2. The van der Waals surface area contributed by atoms with Crippen LogP contribution in [-0.2, 0) is 12.6 Å². The second-order valence-corrected chi connectivity index (χ2v) is 9.66. The van der Waals surface area contributed by atoms with Gasteiger partial charge in [0.25, 0.3) is 5.91 Å². The highest BCUT2D eigenvalue weighted by Gasteiger charge is 2.30. The van der Waals surface area contributed by atoms with Gasteiger partial charge in [0.15, 0.2) is 0 Å². The first-order valence-corrected chi connectivity index (χ1v) is 12.7. The van der Waals surface area contributed by atoms with Crippen LogP contribution in [-0.4, -0.2) is 28.9 Å². The van der Waals surface area contributed by atoms with Crippen molar-refractivity contribution in [2.75, 3.05) is 18.4 Å². The number of pyridine rings is 1. The van der Waals surface area contributed by atoms with Crippen LogP contribution in [0.3, 0.4) is 0 Å². The van der Waals surface area contributed by atoms with E-state index in [1.54, 1.807) is 30.3 Å². The number of rotatable bonds is 5. The number of carbonyl (C=O) groups excluding carboxylic acids is 1. The van der Waals surface area contributed by atoms with Crippen molar-refractivity contribution in [3.63, 3.8) is 0 Å². The zero-order valence-electron chi connectivity index (χ0n) is 20.6. The molecule has 0 unspecified atom stereocenters. The summed E-state index contributed by atoms with van der Waals surface area (Å²) >= 11 is 6.28. The summed E-state index contributed by atoms with van der Waals surface area (Å²) in [5, 5.41) is 4.51. The van der Waals surface area contributed by atoms with E-state index >= 15 is 0 Å². The van der Waals surface area contributed by atoms with Crippen LogP contribution in [0.4, 0.5) is 24.5 Å². The van der Waals surface area contributed by atoms with Crippen molar-refractivity contribution < 1.29 is 18.0 Å². The molecule has 0 saturated carbocycles. The third kappa shape index (κ3) is 5.53. The van der Waals surface area contributed by atoms with E-state index in [2.05, 4.69) is 29.4 Å². The molecule has 0 radical (unpaired) electrons. The molecule has 5 rings (SSSR count). The number of benzene rings is 3. The molecule has 38 heavy (non-hydrogen) atoms. The fourth-order valence-electron chi connectivity index (χ4n) is 4.62. The maximum absolute atomic E-state index is 13.1. The molecule has 0 bridgehead atoms. The molecule has 3 aromatic carbocycles. The Morgan fingerprint density at radius 3 is 2.53 bits per heavy atom. The van der Waals surface area contributed by atoms with Gasteiger partial charge in [0, 0.05) is 46.6 Å². The predicted molar refractivity (Wildman–Crippen MR) is 146 cm³/mol. The van der Waals surface area contributed by atoms with Crippen LogP contribution in [0.25, 0.3) is 16.5 Å². The van der Waals surface area contributed by atoms with E-state index in [0.717, 1.165) is 35.6 Å². The van der Waals surface area contributed by atoms with Crippen molar-refractivity contribution in [1.82, 2.24) is 9.88 Å². The van der Waals surface area contributed by atoms with Crippen molar-refractivity contribution in [2.24, 2.45) is 0 Å². The molecule has 8 heteroatoms. The Kier molecular flexibility index (Phi) is 7.13. The summed E-state index contributed by atoms with van der Waals surface area (Å²) in [4.78, 5) is 19.0. The van der Waals surface area contributed by atoms with E-state index in [0.29, 0.717) is 35.4 Å². The second kappa shape index (κ2) is 10.5. The summed E-state index contributed by atoms with van der Waals surface area (Å²) < 4.78 is 39.2. The fourth-order valence-corrected chi connectivity index (χ4v) is 4.88. The number of carbonyl (C=O) groups is 1. The van der Waals surface area contributed by atoms with E-state index in [1.807, 2.05) is 17.0 Å². The molecule has 194 valence electrons. The quantitative estimate of drug-likeness (QED) is 0.280. The Hall–Kier alpha value is -3.84. The lowest BCUT2D eigenvalue weighted by Crippen LogP contribution is -2.34. The Balaban J connectivity index is 1.28. The van der Waals surface area contributed by atoms with Gasteiger partial charge in [0.2, 0.25) is 0 Å². The summed E-state index contributed by atoms with van der Waals surface area (Å²) in [5.41, 5.74) is 4.90. The number of hydrogen-bond donors (Lipinski definition) is 1. The molecule has 1 N–H and O–H groups in total. The monoisotopic (exact) mass is 535 g/mol. The van der Waals surface area contributed by atoms with Crippen molar-refractivity contribution in [1.29, 1.82) is 0 Å². The first-order chi connectivity index (χ1) is 18.2. The highest BCUT2D eigenvalue weighted by atomic mass is 35.5. The van der Waals surface area contributed by atoms with Crippen LogP contribution in [0, 0.1) is 0 Å². The van der Waals surface area contributed by atoms with Crippen molar-refractivity contribution >= 4 is 45.4 Å². The summed E-state index contributed by atoms with van der Waals surface area (Å²) in [6, 6.07) is 18.4. The Bertz CT molecular complexity index is 1530. The molecular formula is C30H25ClF3N3O. The van der Waals surface area contributed by atoms with Gasteiger partial charge in [-0.25, -0.2) is 0 Å². The van der Waals surface area contributed by atoms with Gasteiger partial charge in [-0.2, -0.15) is 13.2 Å². The standard InChI is InChI=1S/C30H25ClF3N3O/c1-2-19-15-22(17-24(31)16-19)20-10-13-37(14-11-20)29(38)21-3-6-25(7-4-21)36-27-9-12-35-28-18-23(30(32,33)34)5-8-26(27)28/h3-10,12,15-18H,2,11,13-14H2,1H3,(H,35,36). The Morgan fingerprint density at radius 2 is 1.84 bits per heavy atom. The minimum atomic E-state index is -4.43. The molecular weight excluding hydrogens is 511 g/mol. The van der Waals surface area contributed by atoms with Crippen molar-refractivity contribution in [3.8, 4) is 0 Å². The number of nitrogens with one attached hydrogen (secondary N) is 1. The van der Waals surface area contributed by atoms with Gasteiger partial charge in [0.05, 0.1) is 11.1 Å². The van der Waals surface area contributed by atoms with Crippen LogP contribution in [0.15, 0.2) is 79.0 Å². The first-order valence-electron chi connectivity index (χ1n) is 12.3. The molecule has 1 aromatic heterocycles. The van der Waals surface area contributed by atoms with Gasteiger partial charge in [-0.1, -0.05) is 36.7 Å². The zero-order chi connectivity index (χ0) is 26.9. The van der Waals surface area contributed by atoms with Gasteiger partial charge < -0.3 is 10.2 Å². The van der Waals surface area contributed by atoms with Gasteiger partial charge in [-0.15, -0.1) is 0 Å². The molecule has 0 spiro atoms. The molecule has 0 atom stereocenters. The molecule has 0 fully saturated rings. The van der Waals surface area contributed by atoms with Crippen LogP contribution in [0.1, 0.15) is 40.4 Å². The topological polar surface area (TPSA) is 45.2 Å². The van der Waals surface area contributed by atoms with E-state index in [1.165, 1.54) is 23.4 Å². The Labute approximate surface area is 223 Å². The first kappa shape index (κ1) is 25.8. The average Bonchev–Trinajstić information content (AvgIpc) is 2.92. The van der Waals surface area contributed by atoms with Gasteiger partial charge in [-0.3, -0.25) is 9.78 Å². The number of aryl methyl sites for hydroxylation is 1. The summed E-state index contributed by atoms with van der Waals surface area (Å²) in [5.74, 6) is -0.0544. The highest BCUT2D eigenvalue weighted by Crippen LogP contribution is 2.33. The van der Waals surface area contributed by atoms with E-state index < -0.39 is 11.7 Å². The van der Waals surface area contributed by atoms with Crippen LogP contribution < -0.4 is 5.32 Å². The summed E-state index contributed by atoms with van der Waals surface area (Å²) in [6.07, 6.45) is 0.780. The SMILES string of the molecule is CCc1cc(Cl)cc(C2=CCN(C(=O)c3ccc(Nc4ccnc5cc(C(F)(F)F)ccc45)cc3)CC2)c1. The summed E-state index contributed by atoms with van der Waals surface area (Å²) in [7, 11) is 0. The maximum Gasteiger partial charge on any atom is 0.416 e. The summed E-state index contributed by atoms with van der Waals surface area (Å²) in [6.45, 7) is 3.23. The third-order valence-corrected chi connectivity index (χ3v) is 6.93. The molecule has 1 amide bonds. The molecule has 1 aliphatic rings. The van der Waals surface area contributed by atoms with Crippen LogP contribution in [0.2, 0.25) is 5.02 Å². The largest absolute Gasteiger partial charge is 0.416 e. The minimum Gasteiger partial charge on any atom is -0.355 e. The molecule has 2 heterocycles. The second-order valence-electron chi connectivity index (χ2n) is 9.22. The number of amides is 1. The smallest absolute Gasteiger partial charge is 0.355 e. The van der Waals surface area contributed by atoms with Gasteiger partial charge in [-0.05, 0) is 84.1 Å².